The Morgan fingerprint density at radius 3 is 2.20 bits per heavy atom. The van der Waals surface area contributed by atoms with Crippen molar-refractivity contribution in [1.82, 2.24) is 5.32 Å². The van der Waals surface area contributed by atoms with Crippen molar-refractivity contribution in [3.63, 3.8) is 0 Å². The van der Waals surface area contributed by atoms with Crippen LogP contribution in [-0.4, -0.2) is 30.0 Å². The van der Waals surface area contributed by atoms with Gasteiger partial charge in [-0.05, 0) is 12.3 Å². The maximum absolute atomic E-state index is 11.8. The van der Waals surface area contributed by atoms with Gasteiger partial charge in [0.25, 0.3) is 5.91 Å². The molecule has 0 aromatic carbocycles. The Morgan fingerprint density at radius 1 is 1.33 bits per heavy atom. The molecule has 4 nitrogen and oxygen atoms in total. The first-order chi connectivity index (χ1) is 6.84. The van der Waals surface area contributed by atoms with Crippen molar-refractivity contribution in [3.8, 4) is 0 Å². The Balaban J connectivity index is 4.07. The van der Waals surface area contributed by atoms with E-state index in [1.54, 1.807) is 0 Å². The zero-order valence-electron chi connectivity index (χ0n) is 8.67. The third kappa shape index (κ3) is 5.98. The summed E-state index contributed by atoms with van der Waals surface area (Å²) in [5.41, 5.74) is 0. The number of amides is 1. The van der Waals surface area contributed by atoms with Crippen molar-refractivity contribution in [2.75, 3.05) is 6.54 Å². The molecule has 0 fully saturated rings. The van der Waals surface area contributed by atoms with Crippen LogP contribution in [0.4, 0.5) is 8.78 Å². The Labute approximate surface area is 86.7 Å². The average Bonchev–Trinajstić information content (AvgIpc) is 2.10. The fourth-order valence-electron chi connectivity index (χ4n) is 1.14. The number of alkyl halides is 2. The number of carboxylic acids is 1. The first kappa shape index (κ1) is 13.8. The molecule has 0 aliphatic rings. The Bertz CT molecular complexity index is 231. The third-order valence-electron chi connectivity index (χ3n) is 1.83. The number of aliphatic carboxylic acids is 1. The van der Waals surface area contributed by atoms with Gasteiger partial charge in [-0.25, -0.2) is 0 Å². The van der Waals surface area contributed by atoms with Gasteiger partial charge in [0.15, 0.2) is 0 Å². The molecule has 0 saturated heterocycles. The van der Waals surface area contributed by atoms with E-state index in [-0.39, 0.29) is 12.5 Å². The van der Waals surface area contributed by atoms with Gasteiger partial charge in [-0.15, -0.1) is 0 Å². The summed E-state index contributed by atoms with van der Waals surface area (Å²) in [7, 11) is 0. The lowest BCUT2D eigenvalue weighted by Crippen LogP contribution is -2.36. The highest BCUT2D eigenvalue weighted by molar-refractivity contribution is 5.80. The number of carbonyl (C=O) groups is 2. The Kier molecular flexibility index (Phi) is 5.81. The van der Waals surface area contributed by atoms with Crippen molar-refractivity contribution >= 4 is 11.9 Å². The summed E-state index contributed by atoms with van der Waals surface area (Å²) < 4.78 is 23.6. The van der Waals surface area contributed by atoms with E-state index in [1.807, 2.05) is 19.2 Å². The molecule has 1 amide bonds. The molecule has 88 valence electrons. The monoisotopic (exact) mass is 223 g/mol. The molecule has 6 heteroatoms. The van der Waals surface area contributed by atoms with E-state index in [2.05, 4.69) is 0 Å². The van der Waals surface area contributed by atoms with Crippen molar-refractivity contribution in [1.29, 1.82) is 0 Å². The number of carbonyl (C=O) groups excluding carboxylic acids is 1. The molecule has 2 N–H and O–H groups in total. The minimum Gasteiger partial charge on any atom is -0.481 e. The summed E-state index contributed by atoms with van der Waals surface area (Å²) in [6, 6.07) is 0. The van der Waals surface area contributed by atoms with E-state index >= 15 is 0 Å². The topological polar surface area (TPSA) is 66.4 Å². The molecule has 0 spiro atoms. The average molecular weight is 223 g/mol. The summed E-state index contributed by atoms with van der Waals surface area (Å²) in [5.74, 6) is -3.19. The van der Waals surface area contributed by atoms with Crippen molar-refractivity contribution in [2.24, 2.45) is 11.8 Å². The van der Waals surface area contributed by atoms with Gasteiger partial charge in [0, 0.05) is 6.54 Å². The standard InChI is InChI=1S/C9H15F2NO3/c1-5(2)3-6(9(14)15)4-12-8(13)7(10)11/h5-7H,3-4H2,1-2H3,(H,12,13)(H,14,15). The number of nitrogens with one attached hydrogen (secondary N) is 1. The maximum atomic E-state index is 11.8. The summed E-state index contributed by atoms with van der Waals surface area (Å²) >= 11 is 0. The largest absolute Gasteiger partial charge is 0.481 e. The second-order valence-electron chi connectivity index (χ2n) is 3.71. The van der Waals surface area contributed by atoms with Crippen LogP contribution in [0.5, 0.6) is 0 Å². The molecule has 0 aliphatic carbocycles. The number of rotatable bonds is 6. The van der Waals surface area contributed by atoms with Gasteiger partial charge in [-0.3, -0.25) is 9.59 Å². The molecule has 0 heterocycles. The number of halogens is 2. The lowest BCUT2D eigenvalue weighted by atomic mass is 9.97. The van der Waals surface area contributed by atoms with Gasteiger partial charge >= 0.3 is 12.4 Å². The normalized spacial score (nSPS) is 12.9. The highest BCUT2D eigenvalue weighted by Crippen LogP contribution is 2.11. The van der Waals surface area contributed by atoms with Crippen molar-refractivity contribution < 1.29 is 23.5 Å². The van der Waals surface area contributed by atoms with E-state index in [9.17, 15) is 18.4 Å². The molecule has 15 heavy (non-hydrogen) atoms. The fourth-order valence-corrected chi connectivity index (χ4v) is 1.14. The molecular formula is C9H15F2NO3. The lowest BCUT2D eigenvalue weighted by Gasteiger charge is -2.15. The molecule has 0 aromatic rings. The van der Waals surface area contributed by atoms with Crippen LogP contribution in [0.25, 0.3) is 0 Å². The quantitative estimate of drug-likeness (QED) is 0.709. The summed E-state index contributed by atoms with van der Waals surface area (Å²) in [6.45, 7) is 3.40. The first-order valence-electron chi connectivity index (χ1n) is 4.63. The third-order valence-corrected chi connectivity index (χ3v) is 1.83. The van der Waals surface area contributed by atoms with E-state index < -0.39 is 24.2 Å². The predicted molar refractivity (Wildman–Crippen MR) is 49.6 cm³/mol. The van der Waals surface area contributed by atoms with Crippen LogP contribution >= 0.6 is 0 Å². The molecule has 0 bridgehead atoms. The highest BCUT2D eigenvalue weighted by atomic mass is 19.3. The Hall–Kier alpha value is -1.20. The second kappa shape index (κ2) is 6.31. The highest BCUT2D eigenvalue weighted by Gasteiger charge is 2.22. The van der Waals surface area contributed by atoms with Gasteiger partial charge < -0.3 is 10.4 Å². The van der Waals surface area contributed by atoms with Crippen LogP contribution in [0.2, 0.25) is 0 Å². The molecule has 1 atom stereocenters. The fraction of sp³-hybridized carbons (Fsp3) is 0.778. The molecular weight excluding hydrogens is 208 g/mol. The van der Waals surface area contributed by atoms with Crippen molar-refractivity contribution in [3.05, 3.63) is 0 Å². The van der Waals surface area contributed by atoms with Crippen LogP contribution in [0.3, 0.4) is 0 Å². The first-order valence-corrected chi connectivity index (χ1v) is 4.63. The predicted octanol–water partition coefficient (Wildman–Crippen LogP) is 1.11. The minimum atomic E-state index is -3.10. The second-order valence-corrected chi connectivity index (χ2v) is 3.71. The zero-order chi connectivity index (χ0) is 12.0. The molecule has 0 aliphatic heterocycles. The van der Waals surface area contributed by atoms with E-state index in [4.69, 9.17) is 5.11 Å². The lowest BCUT2D eigenvalue weighted by molar-refractivity contribution is -0.142. The number of hydrogen-bond acceptors (Lipinski definition) is 2. The van der Waals surface area contributed by atoms with Gasteiger partial charge in [-0.1, -0.05) is 13.8 Å². The SMILES string of the molecule is CC(C)CC(CNC(=O)C(F)F)C(=O)O. The number of carboxylic acid groups (broad SMARTS) is 1. The van der Waals surface area contributed by atoms with E-state index in [1.165, 1.54) is 0 Å². The summed E-state index contributed by atoms with van der Waals surface area (Å²) in [5, 5.41) is 10.6. The van der Waals surface area contributed by atoms with E-state index in [0.29, 0.717) is 6.42 Å². The molecule has 0 saturated carbocycles. The molecule has 0 aromatic heterocycles. The smallest absolute Gasteiger partial charge is 0.315 e. The molecule has 1 unspecified atom stereocenters. The summed E-state index contributed by atoms with van der Waals surface area (Å²) in [6.07, 6.45) is -2.75. The van der Waals surface area contributed by atoms with Crippen molar-refractivity contribution in [2.45, 2.75) is 26.7 Å². The molecule has 0 rings (SSSR count). The summed E-state index contributed by atoms with van der Waals surface area (Å²) in [4.78, 5) is 21.2. The van der Waals surface area contributed by atoms with Crippen LogP contribution in [0, 0.1) is 11.8 Å². The van der Waals surface area contributed by atoms with Crippen LogP contribution in [-0.2, 0) is 9.59 Å². The van der Waals surface area contributed by atoms with Crippen LogP contribution < -0.4 is 5.32 Å². The van der Waals surface area contributed by atoms with E-state index in [0.717, 1.165) is 0 Å². The van der Waals surface area contributed by atoms with Gasteiger partial charge in [0.1, 0.15) is 0 Å². The maximum Gasteiger partial charge on any atom is 0.315 e. The van der Waals surface area contributed by atoms with Gasteiger partial charge in [0.2, 0.25) is 0 Å². The number of hydrogen-bond donors (Lipinski definition) is 2. The molecule has 0 radical (unpaired) electrons. The van der Waals surface area contributed by atoms with Gasteiger partial charge in [-0.2, -0.15) is 8.78 Å². The van der Waals surface area contributed by atoms with Crippen LogP contribution in [0.1, 0.15) is 20.3 Å². The zero-order valence-corrected chi connectivity index (χ0v) is 8.67. The Morgan fingerprint density at radius 2 is 1.87 bits per heavy atom. The van der Waals surface area contributed by atoms with Gasteiger partial charge in [0.05, 0.1) is 5.92 Å². The van der Waals surface area contributed by atoms with Crippen LogP contribution in [0.15, 0.2) is 0 Å². The minimum absolute atomic E-state index is 0.134.